The first-order valence-electron chi connectivity index (χ1n) is 10.3. The van der Waals surface area contributed by atoms with Crippen LogP contribution in [0, 0.1) is 0 Å². The van der Waals surface area contributed by atoms with E-state index in [1.807, 2.05) is 6.07 Å². The van der Waals surface area contributed by atoms with Crippen molar-refractivity contribution in [1.82, 2.24) is 5.32 Å². The van der Waals surface area contributed by atoms with Gasteiger partial charge in [0.25, 0.3) is 11.8 Å². The van der Waals surface area contributed by atoms with Gasteiger partial charge in [-0.2, -0.15) is 0 Å². The van der Waals surface area contributed by atoms with Gasteiger partial charge in [-0.15, -0.1) is 0 Å². The molecule has 0 aromatic heterocycles. The first-order valence-corrected chi connectivity index (χ1v) is 10.3. The third-order valence-corrected chi connectivity index (χ3v) is 4.55. The first-order chi connectivity index (χ1) is 16.0. The molecule has 0 aliphatic carbocycles. The highest BCUT2D eigenvalue weighted by Crippen LogP contribution is 2.17. The fraction of sp³-hybridized carbons (Fsp3) is 0.160. The van der Waals surface area contributed by atoms with E-state index in [9.17, 15) is 14.4 Å². The van der Waals surface area contributed by atoms with Crippen LogP contribution in [0.25, 0.3) is 0 Å². The largest absolute Gasteiger partial charge is 0.513 e. The van der Waals surface area contributed by atoms with Crippen LogP contribution < -0.4 is 20.1 Å². The van der Waals surface area contributed by atoms with E-state index in [-0.39, 0.29) is 24.2 Å². The zero-order valence-corrected chi connectivity index (χ0v) is 18.3. The number of hydrogen-bond acceptors (Lipinski definition) is 6. The summed E-state index contributed by atoms with van der Waals surface area (Å²) in [4.78, 5) is 36.3. The lowest BCUT2D eigenvalue weighted by Gasteiger charge is -2.10. The van der Waals surface area contributed by atoms with E-state index in [0.29, 0.717) is 29.1 Å². The Morgan fingerprint density at radius 1 is 0.818 bits per heavy atom. The minimum absolute atomic E-state index is 0.211. The highest BCUT2D eigenvalue weighted by molar-refractivity contribution is 6.04. The summed E-state index contributed by atoms with van der Waals surface area (Å²) in [6.07, 6.45) is -0.801. The lowest BCUT2D eigenvalue weighted by Crippen LogP contribution is -2.22. The number of carbonyl (C=O) groups excluding carboxylic acids is 3. The fourth-order valence-corrected chi connectivity index (χ4v) is 2.93. The molecule has 170 valence electrons. The third-order valence-electron chi connectivity index (χ3n) is 4.55. The zero-order valence-electron chi connectivity index (χ0n) is 18.3. The van der Waals surface area contributed by atoms with Gasteiger partial charge in [0.05, 0.1) is 13.7 Å². The van der Waals surface area contributed by atoms with Crippen LogP contribution in [-0.2, 0) is 11.3 Å². The normalized spacial score (nSPS) is 10.1. The van der Waals surface area contributed by atoms with Gasteiger partial charge in [0, 0.05) is 23.4 Å². The van der Waals surface area contributed by atoms with Crippen molar-refractivity contribution in [2.24, 2.45) is 0 Å². The van der Waals surface area contributed by atoms with Gasteiger partial charge in [-0.25, -0.2) is 4.79 Å². The van der Waals surface area contributed by atoms with E-state index in [1.165, 1.54) is 12.1 Å². The van der Waals surface area contributed by atoms with Crippen molar-refractivity contribution < 1.29 is 28.6 Å². The van der Waals surface area contributed by atoms with Crippen LogP contribution >= 0.6 is 0 Å². The van der Waals surface area contributed by atoms with Gasteiger partial charge >= 0.3 is 6.16 Å². The zero-order chi connectivity index (χ0) is 23.6. The molecule has 8 heteroatoms. The van der Waals surface area contributed by atoms with Crippen molar-refractivity contribution in [2.45, 2.75) is 13.5 Å². The maximum atomic E-state index is 12.5. The van der Waals surface area contributed by atoms with Gasteiger partial charge < -0.3 is 24.8 Å². The molecule has 0 atom stereocenters. The van der Waals surface area contributed by atoms with Gasteiger partial charge in [-0.1, -0.05) is 18.2 Å². The molecule has 2 amide bonds. The monoisotopic (exact) mass is 448 g/mol. The molecule has 0 heterocycles. The Kier molecular flexibility index (Phi) is 8.02. The Bertz CT molecular complexity index is 1130. The van der Waals surface area contributed by atoms with Gasteiger partial charge in [0.1, 0.15) is 11.5 Å². The summed E-state index contributed by atoms with van der Waals surface area (Å²) >= 11 is 0. The van der Waals surface area contributed by atoms with E-state index in [2.05, 4.69) is 10.6 Å². The quantitative estimate of drug-likeness (QED) is 0.391. The van der Waals surface area contributed by atoms with Crippen molar-refractivity contribution in [1.29, 1.82) is 0 Å². The Morgan fingerprint density at radius 3 is 2.30 bits per heavy atom. The lowest BCUT2D eigenvalue weighted by atomic mass is 10.1. The van der Waals surface area contributed by atoms with Crippen molar-refractivity contribution in [3.8, 4) is 11.5 Å². The van der Waals surface area contributed by atoms with Crippen LogP contribution in [-0.4, -0.2) is 31.7 Å². The molecule has 0 fully saturated rings. The molecular formula is C25H24N2O6. The van der Waals surface area contributed by atoms with Crippen LogP contribution in [0.15, 0.2) is 72.8 Å². The minimum Gasteiger partial charge on any atom is -0.497 e. The number of rotatable bonds is 8. The maximum Gasteiger partial charge on any atom is 0.513 e. The predicted octanol–water partition coefficient (Wildman–Crippen LogP) is 4.41. The van der Waals surface area contributed by atoms with E-state index in [1.54, 1.807) is 68.6 Å². The number of anilines is 1. The SMILES string of the molecule is CCOC(=O)Oc1ccc(C(=O)Nc2cccc(CNC(=O)c3cccc(OC)c3)c2)cc1. The molecule has 0 unspecified atom stereocenters. The van der Waals surface area contributed by atoms with Gasteiger partial charge in [-0.05, 0) is 67.1 Å². The van der Waals surface area contributed by atoms with E-state index in [0.717, 1.165) is 5.56 Å². The summed E-state index contributed by atoms with van der Waals surface area (Å²) in [5.41, 5.74) is 2.29. The molecule has 3 aromatic rings. The number of ether oxygens (including phenoxy) is 3. The van der Waals surface area contributed by atoms with Gasteiger partial charge in [-0.3, -0.25) is 9.59 Å². The molecule has 8 nitrogen and oxygen atoms in total. The summed E-state index contributed by atoms with van der Waals surface area (Å²) in [6, 6.07) is 20.2. The summed E-state index contributed by atoms with van der Waals surface area (Å²) in [7, 11) is 1.54. The number of carbonyl (C=O) groups is 3. The number of methoxy groups -OCH3 is 1. The molecule has 3 aromatic carbocycles. The lowest BCUT2D eigenvalue weighted by molar-refractivity contribution is 0.0948. The van der Waals surface area contributed by atoms with Crippen molar-refractivity contribution in [2.75, 3.05) is 19.0 Å². The van der Waals surface area contributed by atoms with Crippen LogP contribution in [0.5, 0.6) is 11.5 Å². The number of amides is 2. The van der Waals surface area contributed by atoms with Crippen molar-refractivity contribution >= 4 is 23.7 Å². The third kappa shape index (κ3) is 6.83. The fourth-order valence-electron chi connectivity index (χ4n) is 2.93. The van der Waals surface area contributed by atoms with Crippen LogP contribution in [0.3, 0.4) is 0 Å². The first kappa shape index (κ1) is 23.3. The maximum absolute atomic E-state index is 12.5. The molecule has 3 rings (SSSR count). The Morgan fingerprint density at radius 2 is 1.58 bits per heavy atom. The summed E-state index contributed by atoms with van der Waals surface area (Å²) in [6.45, 7) is 2.18. The number of benzene rings is 3. The van der Waals surface area contributed by atoms with Gasteiger partial charge in [0.15, 0.2) is 0 Å². The smallest absolute Gasteiger partial charge is 0.497 e. The number of hydrogen-bond donors (Lipinski definition) is 2. The second-order valence-electron chi connectivity index (χ2n) is 6.88. The molecule has 33 heavy (non-hydrogen) atoms. The standard InChI is InChI=1S/C25H24N2O6/c1-3-32-25(30)33-21-12-10-18(11-13-21)24(29)27-20-8-4-6-17(14-20)16-26-23(28)19-7-5-9-22(15-19)31-2/h4-15H,3,16H2,1-2H3,(H,26,28)(H,27,29). The van der Waals surface area contributed by atoms with E-state index >= 15 is 0 Å². The summed E-state index contributed by atoms with van der Waals surface area (Å²) in [5, 5.41) is 5.66. The molecule has 0 saturated heterocycles. The second-order valence-corrected chi connectivity index (χ2v) is 6.88. The molecular weight excluding hydrogens is 424 g/mol. The Hall–Kier alpha value is -4.33. The van der Waals surface area contributed by atoms with Crippen LogP contribution in [0.1, 0.15) is 33.2 Å². The van der Waals surface area contributed by atoms with Crippen LogP contribution in [0.4, 0.5) is 10.5 Å². The van der Waals surface area contributed by atoms with Crippen molar-refractivity contribution in [3.05, 3.63) is 89.5 Å². The molecule has 0 aliphatic rings. The molecule has 0 saturated carbocycles. The molecule has 2 N–H and O–H groups in total. The average molecular weight is 448 g/mol. The Balaban J connectivity index is 1.57. The molecule has 0 aliphatic heterocycles. The highest BCUT2D eigenvalue weighted by atomic mass is 16.7. The van der Waals surface area contributed by atoms with Gasteiger partial charge in [0.2, 0.25) is 0 Å². The molecule has 0 radical (unpaired) electrons. The molecule has 0 bridgehead atoms. The predicted molar refractivity (Wildman–Crippen MR) is 123 cm³/mol. The van der Waals surface area contributed by atoms with Crippen LogP contribution in [0.2, 0.25) is 0 Å². The second kappa shape index (κ2) is 11.3. The highest BCUT2D eigenvalue weighted by Gasteiger charge is 2.10. The summed E-state index contributed by atoms with van der Waals surface area (Å²) in [5.74, 6) is 0.329. The van der Waals surface area contributed by atoms with Crippen molar-refractivity contribution in [3.63, 3.8) is 0 Å². The number of nitrogens with one attached hydrogen (secondary N) is 2. The van der Waals surface area contributed by atoms with E-state index in [4.69, 9.17) is 14.2 Å². The Labute approximate surface area is 191 Å². The summed E-state index contributed by atoms with van der Waals surface area (Å²) < 4.78 is 14.8. The van der Waals surface area contributed by atoms with E-state index < -0.39 is 6.16 Å². The topological polar surface area (TPSA) is 103 Å². The minimum atomic E-state index is -0.801. The average Bonchev–Trinajstić information content (AvgIpc) is 2.83. The molecule has 0 spiro atoms.